The zero-order valence-electron chi connectivity index (χ0n) is 13.4. The van der Waals surface area contributed by atoms with Crippen LogP contribution in [0.15, 0.2) is 35.2 Å². The Morgan fingerprint density at radius 3 is 2.35 bits per heavy atom. The molecule has 0 amide bonds. The zero-order chi connectivity index (χ0) is 16.8. The molecule has 0 N–H and O–H groups in total. The van der Waals surface area contributed by atoms with Crippen molar-refractivity contribution >= 4 is 23.3 Å². The molecule has 1 fully saturated rings. The summed E-state index contributed by atoms with van der Waals surface area (Å²) in [7, 11) is 0. The van der Waals surface area contributed by atoms with Gasteiger partial charge in [-0.3, -0.25) is 0 Å². The van der Waals surface area contributed by atoms with E-state index in [4.69, 9.17) is 4.74 Å². The van der Waals surface area contributed by atoms with Gasteiger partial charge < -0.3 is 4.74 Å². The molecule has 0 aliphatic heterocycles. The van der Waals surface area contributed by atoms with Crippen LogP contribution in [0.4, 0.5) is 8.78 Å². The van der Waals surface area contributed by atoms with Crippen LogP contribution in [0.1, 0.15) is 32.3 Å². The number of halogens is 2. The first-order valence-electron chi connectivity index (χ1n) is 7.95. The van der Waals surface area contributed by atoms with Crippen LogP contribution in [0.2, 0.25) is 0 Å². The van der Waals surface area contributed by atoms with Gasteiger partial charge in [0.15, 0.2) is 0 Å². The monoisotopic (exact) mass is 340 g/mol. The van der Waals surface area contributed by atoms with Gasteiger partial charge >= 0.3 is 5.97 Å². The topological polar surface area (TPSA) is 26.3 Å². The minimum absolute atomic E-state index is 0.119. The molecule has 2 atom stereocenters. The molecule has 0 bridgehead atoms. The van der Waals surface area contributed by atoms with Crippen molar-refractivity contribution in [1.82, 2.24) is 0 Å². The highest BCUT2D eigenvalue weighted by molar-refractivity contribution is 7.99. The van der Waals surface area contributed by atoms with E-state index in [1.165, 1.54) is 0 Å². The van der Waals surface area contributed by atoms with Crippen molar-refractivity contribution in [2.24, 2.45) is 5.92 Å². The van der Waals surface area contributed by atoms with Crippen molar-refractivity contribution in [2.45, 2.75) is 43.9 Å². The number of allylic oxidation sites excluding steroid dienone is 1. The number of hydrogen-bond acceptors (Lipinski definition) is 3. The summed E-state index contributed by atoms with van der Waals surface area (Å²) in [6.45, 7) is 4.08. The third kappa shape index (κ3) is 4.80. The number of ether oxygens (including phenoxy) is 1. The second-order valence-electron chi connectivity index (χ2n) is 5.52. The molecule has 2 rings (SSSR count). The summed E-state index contributed by atoms with van der Waals surface area (Å²) >= 11 is 1.71. The second kappa shape index (κ2) is 8.48. The molecule has 1 saturated carbocycles. The number of alkyl halides is 2. The Kier molecular flexibility index (Phi) is 6.63. The van der Waals surface area contributed by atoms with E-state index in [2.05, 4.69) is 6.92 Å². The summed E-state index contributed by atoms with van der Waals surface area (Å²) in [6, 6.07) is 7.60. The van der Waals surface area contributed by atoms with E-state index in [1.807, 2.05) is 24.3 Å². The van der Waals surface area contributed by atoms with E-state index >= 15 is 0 Å². The fourth-order valence-electron chi connectivity index (χ4n) is 2.73. The van der Waals surface area contributed by atoms with E-state index in [0.29, 0.717) is 5.57 Å². The summed E-state index contributed by atoms with van der Waals surface area (Å²) in [4.78, 5) is 13.3. The number of thioether (sulfide) groups is 1. The first-order chi connectivity index (χ1) is 11.0. The van der Waals surface area contributed by atoms with Gasteiger partial charge in [0.05, 0.1) is 12.2 Å². The summed E-state index contributed by atoms with van der Waals surface area (Å²) < 4.78 is 31.9. The highest BCUT2D eigenvalue weighted by Crippen LogP contribution is 2.34. The quantitative estimate of drug-likeness (QED) is 0.421. The van der Waals surface area contributed by atoms with Crippen molar-refractivity contribution in [3.05, 3.63) is 35.9 Å². The van der Waals surface area contributed by atoms with Crippen LogP contribution in [-0.2, 0) is 9.53 Å². The molecule has 126 valence electrons. The first kappa shape index (κ1) is 18.0. The molecule has 1 aromatic carbocycles. The lowest BCUT2D eigenvalue weighted by atomic mass is 9.98. The summed E-state index contributed by atoms with van der Waals surface area (Å²) in [5.41, 5.74) is 1.12. The number of rotatable bonds is 6. The lowest BCUT2D eigenvalue weighted by Crippen LogP contribution is -2.08. The standard InChI is InChI=1S/C18H22F2O2S/c1-3-22-18(21)15(9-12-10-16(19)17(20)11-12)13-5-7-14(8-6-13)23-4-2/h5-9,12,16-17H,3-4,10-11H2,1-2H3/b15-9-. The largest absolute Gasteiger partial charge is 0.462 e. The van der Waals surface area contributed by atoms with Crippen molar-refractivity contribution in [3.8, 4) is 0 Å². The Hall–Kier alpha value is -1.36. The van der Waals surface area contributed by atoms with Crippen LogP contribution in [0.25, 0.3) is 5.57 Å². The fraction of sp³-hybridized carbons (Fsp3) is 0.500. The van der Waals surface area contributed by atoms with E-state index in [1.54, 1.807) is 24.8 Å². The summed E-state index contributed by atoms with van der Waals surface area (Å²) in [5, 5.41) is 0. The lowest BCUT2D eigenvalue weighted by Gasteiger charge is -2.11. The van der Waals surface area contributed by atoms with Crippen LogP contribution < -0.4 is 0 Å². The van der Waals surface area contributed by atoms with Crippen LogP contribution in [0.3, 0.4) is 0 Å². The van der Waals surface area contributed by atoms with Crippen molar-refractivity contribution in [1.29, 1.82) is 0 Å². The SMILES string of the molecule is CCOC(=O)/C(=C\C1CC(F)C(F)C1)c1ccc(SCC)cc1. The van der Waals surface area contributed by atoms with Crippen molar-refractivity contribution in [3.63, 3.8) is 0 Å². The van der Waals surface area contributed by atoms with Crippen LogP contribution in [0.5, 0.6) is 0 Å². The Bertz CT molecular complexity index is 547. The van der Waals surface area contributed by atoms with Gasteiger partial charge in [0.25, 0.3) is 0 Å². The number of hydrogen-bond donors (Lipinski definition) is 0. The van der Waals surface area contributed by atoms with Crippen LogP contribution in [-0.4, -0.2) is 30.7 Å². The molecule has 0 spiro atoms. The average Bonchev–Trinajstić information content (AvgIpc) is 2.85. The maximum atomic E-state index is 13.4. The summed E-state index contributed by atoms with van der Waals surface area (Å²) in [5.74, 6) is 0.253. The molecular formula is C18H22F2O2S. The fourth-order valence-corrected chi connectivity index (χ4v) is 3.39. The molecule has 2 unspecified atom stereocenters. The number of carbonyl (C=O) groups is 1. The van der Waals surface area contributed by atoms with E-state index in [0.717, 1.165) is 16.2 Å². The predicted molar refractivity (Wildman–Crippen MR) is 90.0 cm³/mol. The number of carbonyl (C=O) groups excluding carboxylic acids is 1. The van der Waals surface area contributed by atoms with E-state index in [9.17, 15) is 13.6 Å². The van der Waals surface area contributed by atoms with Gasteiger partial charge in [-0.1, -0.05) is 25.1 Å². The molecule has 0 saturated heterocycles. The highest BCUT2D eigenvalue weighted by atomic mass is 32.2. The molecule has 0 radical (unpaired) electrons. The minimum atomic E-state index is -1.44. The molecule has 1 aromatic rings. The minimum Gasteiger partial charge on any atom is -0.462 e. The molecule has 0 heterocycles. The normalized spacial score (nSPS) is 24.7. The molecule has 23 heavy (non-hydrogen) atoms. The van der Waals surface area contributed by atoms with Gasteiger partial charge in [-0.05, 0) is 49.1 Å². The van der Waals surface area contributed by atoms with Gasteiger partial charge in [-0.25, -0.2) is 13.6 Å². The smallest absolute Gasteiger partial charge is 0.338 e. The molecule has 5 heteroatoms. The first-order valence-corrected chi connectivity index (χ1v) is 8.94. The Morgan fingerprint density at radius 2 is 1.83 bits per heavy atom. The molecule has 2 nitrogen and oxygen atoms in total. The third-order valence-electron chi connectivity index (χ3n) is 3.82. The van der Waals surface area contributed by atoms with Gasteiger partial charge in [0.2, 0.25) is 0 Å². The Balaban J connectivity index is 2.25. The lowest BCUT2D eigenvalue weighted by molar-refractivity contribution is -0.136. The summed E-state index contributed by atoms with van der Waals surface area (Å²) in [6.07, 6.45) is -0.973. The van der Waals surface area contributed by atoms with Crippen molar-refractivity contribution in [2.75, 3.05) is 12.4 Å². The molecule has 1 aliphatic rings. The maximum Gasteiger partial charge on any atom is 0.338 e. The van der Waals surface area contributed by atoms with E-state index < -0.39 is 18.3 Å². The molecule has 1 aliphatic carbocycles. The van der Waals surface area contributed by atoms with Gasteiger partial charge in [0, 0.05) is 4.90 Å². The average molecular weight is 340 g/mol. The van der Waals surface area contributed by atoms with Gasteiger partial charge in [-0.2, -0.15) is 0 Å². The Morgan fingerprint density at radius 1 is 1.22 bits per heavy atom. The molecular weight excluding hydrogens is 318 g/mol. The second-order valence-corrected chi connectivity index (χ2v) is 6.86. The Labute approximate surface area is 140 Å². The zero-order valence-corrected chi connectivity index (χ0v) is 14.2. The van der Waals surface area contributed by atoms with Crippen LogP contribution >= 0.6 is 11.8 Å². The number of benzene rings is 1. The van der Waals surface area contributed by atoms with Crippen LogP contribution in [0, 0.1) is 5.92 Å². The third-order valence-corrected chi connectivity index (χ3v) is 4.72. The maximum absolute atomic E-state index is 13.4. The predicted octanol–water partition coefficient (Wildman–Crippen LogP) is 4.83. The van der Waals surface area contributed by atoms with E-state index in [-0.39, 0.29) is 25.4 Å². The number of esters is 1. The highest BCUT2D eigenvalue weighted by Gasteiger charge is 2.34. The van der Waals surface area contributed by atoms with Gasteiger partial charge in [0.1, 0.15) is 12.3 Å². The van der Waals surface area contributed by atoms with Crippen molar-refractivity contribution < 1.29 is 18.3 Å². The molecule has 0 aromatic heterocycles. The van der Waals surface area contributed by atoms with Gasteiger partial charge in [-0.15, -0.1) is 11.8 Å².